The van der Waals surface area contributed by atoms with Crippen LogP contribution in [0.2, 0.25) is 0 Å². The number of aromatic nitrogens is 4. The van der Waals surface area contributed by atoms with E-state index in [0.29, 0.717) is 42.7 Å². The molecule has 2 heterocycles. The standard InChI is InChI=1S/C24H25F2N5O3/c1-3-33-20-12-15(8-11-19(20)34-23(25)26)13-30(16-9-10-16)14-21-27-28-24-29(2)22(32)17-6-4-5-7-18(17)31(21)24/h4-8,11-12,16,23H,3,9-10,13-14H2,1-2H3. The third-order valence-electron chi connectivity index (χ3n) is 6.01. The number of ether oxygens (including phenoxy) is 2. The van der Waals surface area contributed by atoms with Crippen LogP contribution in [0.15, 0.2) is 47.3 Å². The van der Waals surface area contributed by atoms with Gasteiger partial charge in [0.1, 0.15) is 0 Å². The average Bonchev–Trinajstić information content (AvgIpc) is 3.59. The van der Waals surface area contributed by atoms with E-state index in [9.17, 15) is 13.6 Å². The minimum absolute atomic E-state index is 0.0226. The number of aryl methyl sites for hydroxylation is 1. The molecular formula is C24H25F2N5O3. The van der Waals surface area contributed by atoms with E-state index in [1.807, 2.05) is 22.6 Å². The normalized spacial score (nSPS) is 13.9. The number of hydrogen-bond acceptors (Lipinski definition) is 6. The second-order valence-corrected chi connectivity index (χ2v) is 8.36. The van der Waals surface area contributed by atoms with Crippen molar-refractivity contribution >= 4 is 16.7 Å². The van der Waals surface area contributed by atoms with Gasteiger partial charge in [0, 0.05) is 19.6 Å². The lowest BCUT2D eigenvalue weighted by molar-refractivity contribution is -0.0514. The van der Waals surface area contributed by atoms with Crippen LogP contribution >= 0.6 is 0 Å². The summed E-state index contributed by atoms with van der Waals surface area (Å²) < 4.78 is 39.1. The highest BCUT2D eigenvalue weighted by atomic mass is 19.3. The molecule has 178 valence electrons. The molecule has 5 rings (SSSR count). The molecule has 0 amide bonds. The van der Waals surface area contributed by atoms with Crippen LogP contribution in [0.25, 0.3) is 16.7 Å². The summed E-state index contributed by atoms with van der Waals surface area (Å²) in [6, 6.07) is 12.9. The van der Waals surface area contributed by atoms with Gasteiger partial charge in [0.05, 0.1) is 24.1 Å². The largest absolute Gasteiger partial charge is 0.490 e. The number of benzene rings is 2. The van der Waals surface area contributed by atoms with E-state index in [1.165, 1.54) is 10.6 Å². The lowest BCUT2D eigenvalue weighted by atomic mass is 10.2. The molecule has 1 aliphatic carbocycles. The van der Waals surface area contributed by atoms with Gasteiger partial charge in [-0.25, -0.2) is 0 Å². The molecule has 0 atom stereocenters. The second kappa shape index (κ2) is 9.02. The molecule has 0 bridgehead atoms. The van der Waals surface area contributed by atoms with E-state index in [2.05, 4.69) is 19.8 Å². The third-order valence-corrected chi connectivity index (χ3v) is 6.01. The lowest BCUT2D eigenvalue weighted by Gasteiger charge is -2.22. The summed E-state index contributed by atoms with van der Waals surface area (Å²) in [6.07, 6.45) is 2.14. The predicted octanol–water partition coefficient (Wildman–Crippen LogP) is 3.75. The van der Waals surface area contributed by atoms with Crippen LogP contribution in [-0.4, -0.2) is 43.3 Å². The molecule has 1 fully saturated rings. The van der Waals surface area contributed by atoms with Gasteiger partial charge in [-0.3, -0.25) is 18.7 Å². The molecule has 0 spiro atoms. The Balaban J connectivity index is 1.48. The molecule has 1 saturated carbocycles. The molecule has 2 aromatic heterocycles. The summed E-state index contributed by atoms with van der Waals surface area (Å²) in [5.74, 6) is 1.54. The van der Waals surface area contributed by atoms with Crippen LogP contribution in [0.5, 0.6) is 11.5 Å². The fourth-order valence-electron chi connectivity index (χ4n) is 4.28. The van der Waals surface area contributed by atoms with E-state index in [4.69, 9.17) is 4.74 Å². The summed E-state index contributed by atoms with van der Waals surface area (Å²) >= 11 is 0. The fraction of sp³-hybridized carbons (Fsp3) is 0.375. The zero-order valence-electron chi connectivity index (χ0n) is 18.9. The van der Waals surface area contributed by atoms with Crippen molar-refractivity contribution in [3.8, 4) is 11.5 Å². The van der Waals surface area contributed by atoms with Crippen molar-refractivity contribution in [2.75, 3.05) is 6.61 Å². The molecule has 0 saturated heterocycles. The first-order chi connectivity index (χ1) is 16.5. The number of fused-ring (bicyclic) bond motifs is 3. The van der Waals surface area contributed by atoms with Crippen LogP contribution < -0.4 is 15.0 Å². The first-order valence-corrected chi connectivity index (χ1v) is 11.2. The molecule has 1 aliphatic rings. The van der Waals surface area contributed by atoms with Crippen LogP contribution in [0.3, 0.4) is 0 Å². The Labute approximate surface area is 194 Å². The molecule has 0 unspecified atom stereocenters. The Bertz CT molecular complexity index is 1400. The topological polar surface area (TPSA) is 73.9 Å². The van der Waals surface area contributed by atoms with Gasteiger partial charge in [0.2, 0.25) is 5.78 Å². The highest BCUT2D eigenvalue weighted by Gasteiger charge is 2.31. The Morgan fingerprint density at radius 3 is 2.65 bits per heavy atom. The number of halogens is 2. The quantitative estimate of drug-likeness (QED) is 0.372. The van der Waals surface area contributed by atoms with Crippen LogP contribution in [0.1, 0.15) is 31.2 Å². The molecule has 0 N–H and O–H groups in total. The van der Waals surface area contributed by atoms with Gasteiger partial charge in [-0.05, 0) is 49.6 Å². The van der Waals surface area contributed by atoms with Crippen molar-refractivity contribution in [2.24, 2.45) is 7.05 Å². The van der Waals surface area contributed by atoms with Crippen LogP contribution in [-0.2, 0) is 20.1 Å². The van der Waals surface area contributed by atoms with Crippen molar-refractivity contribution in [3.63, 3.8) is 0 Å². The molecule has 4 aromatic rings. The maximum atomic E-state index is 12.7. The second-order valence-electron chi connectivity index (χ2n) is 8.36. The van der Waals surface area contributed by atoms with Crippen molar-refractivity contribution < 1.29 is 18.3 Å². The minimum atomic E-state index is -2.92. The summed E-state index contributed by atoms with van der Waals surface area (Å²) in [6.45, 7) is 0.321. The maximum Gasteiger partial charge on any atom is 0.387 e. The fourth-order valence-corrected chi connectivity index (χ4v) is 4.28. The Hall–Kier alpha value is -3.53. The van der Waals surface area contributed by atoms with Crippen molar-refractivity contribution in [3.05, 3.63) is 64.2 Å². The molecule has 10 heteroatoms. The number of hydrogen-bond donors (Lipinski definition) is 0. The van der Waals surface area contributed by atoms with Gasteiger partial charge in [0.15, 0.2) is 17.3 Å². The van der Waals surface area contributed by atoms with Crippen molar-refractivity contribution in [1.29, 1.82) is 0 Å². The van der Waals surface area contributed by atoms with Gasteiger partial charge < -0.3 is 9.47 Å². The van der Waals surface area contributed by atoms with Crippen LogP contribution in [0.4, 0.5) is 8.78 Å². The van der Waals surface area contributed by atoms with E-state index < -0.39 is 6.61 Å². The minimum Gasteiger partial charge on any atom is -0.490 e. The molecule has 0 radical (unpaired) electrons. The molecular weight excluding hydrogens is 444 g/mol. The Kier molecular flexibility index (Phi) is 5.91. The average molecular weight is 469 g/mol. The van der Waals surface area contributed by atoms with Crippen molar-refractivity contribution in [2.45, 2.75) is 45.5 Å². The highest BCUT2D eigenvalue weighted by Crippen LogP contribution is 2.33. The number of rotatable bonds is 9. The van der Waals surface area contributed by atoms with Gasteiger partial charge in [0.25, 0.3) is 5.56 Å². The smallest absolute Gasteiger partial charge is 0.387 e. The van der Waals surface area contributed by atoms with Gasteiger partial charge in [-0.2, -0.15) is 8.78 Å². The summed E-state index contributed by atoms with van der Waals surface area (Å²) in [5, 5.41) is 9.31. The Morgan fingerprint density at radius 2 is 1.91 bits per heavy atom. The summed E-state index contributed by atoms with van der Waals surface area (Å²) in [5.41, 5.74) is 1.57. The number of nitrogens with zero attached hydrogens (tertiary/aromatic N) is 5. The van der Waals surface area contributed by atoms with Crippen LogP contribution in [0, 0.1) is 0 Å². The number of alkyl halides is 2. The zero-order chi connectivity index (χ0) is 23.8. The molecule has 34 heavy (non-hydrogen) atoms. The number of para-hydroxylation sites is 1. The first kappa shape index (κ1) is 22.3. The molecule has 8 nitrogen and oxygen atoms in total. The van der Waals surface area contributed by atoms with E-state index in [1.54, 1.807) is 32.2 Å². The molecule has 2 aromatic carbocycles. The summed E-state index contributed by atoms with van der Waals surface area (Å²) in [7, 11) is 1.69. The van der Waals surface area contributed by atoms with E-state index in [0.717, 1.165) is 29.7 Å². The predicted molar refractivity (Wildman–Crippen MR) is 122 cm³/mol. The summed E-state index contributed by atoms with van der Waals surface area (Å²) in [4.78, 5) is 15.0. The maximum absolute atomic E-state index is 12.7. The monoisotopic (exact) mass is 469 g/mol. The Morgan fingerprint density at radius 1 is 1.12 bits per heavy atom. The lowest BCUT2D eigenvalue weighted by Crippen LogP contribution is -2.27. The zero-order valence-corrected chi connectivity index (χ0v) is 18.9. The highest BCUT2D eigenvalue weighted by molar-refractivity contribution is 5.80. The third kappa shape index (κ3) is 4.21. The van der Waals surface area contributed by atoms with E-state index >= 15 is 0 Å². The SMILES string of the molecule is CCOc1cc(CN(Cc2nnc3n(C)c(=O)c4ccccc4n23)C2CC2)ccc1OC(F)F. The first-order valence-electron chi connectivity index (χ1n) is 11.2. The van der Waals surface area contributed by atoms with E-state index in [-0.39, 0.29) is 11.3 Å². The van der Waals surface area contributed by atoms with Gasteiger partial charge in [-0.15, -0.1) is 10.2 Å². The van der Waals surface area contributed by atoms with Gasteiger partial charge >= 0.3 is 6.61 Å². The van der Waals surface area contributed by atoms with Gasteiger partial charge in [-0.1, -0.05) is 18.2 Å². The molecule has 0 aliphatic heterocycles. The van der Waals surface area contributed by atoms with Crippen molar-refractivity contribution in [1.82, 2.24) is 24.1 Å².